The van der Waals surface area contributed by atoms with Crippen LogP contribution in [0.3, 0.4) is 0 Å². The van der Waals surface area contributed by atoms with Crippen molar-refractivity contribution in [3.8, 4) is 0 Å². The Hall–Kier alpha value is -3.16. The molecule has 0 radical (unpaired) electrons. The van der Waals surface area contributed by atoms with Crippen molar-refractivity contribution in [1.29, 1.82) is 0 Å². The zero-order valence-electron chi connectivity index (χ0n) is 13.6. The maximum Gasteiger partial charge on any atom is 0.451 e. The third-order valence-electron chi connectivity index (χ3n) is 3.77. The highest BCUT2D eigenvalue weighted by Crippen LogP contribution is 2.30. The monoisotopic (exact) mass is 361 g/mol. The zero-order valence-corrected chi connectivity index (χ0v) is 13.6. The van der Waals surface area contributed by atoms with E-state index in [0.29, 0.717) is 10.9 Å². The Morgan fingerprint density at radius 1 is 1.12 bits per heavy atom. The number of nitrogens with zero attached hydrogens (tertiary/aromatic N) is 2. The molecule has 0 aliphatic carbocycles. The Bertz CT molecular complexity index is 970. The van der Waals surface area contributed by atoms with Crippen LogP contribution >= 0.6 is 0 Å². The Labute approximate surface area is 146 Å². The third-order valence-corrected chi connectivity index (χ3v) is 3.77. The van der Waals surface area contributed by atoms with Gasteiger partial charge in [-0.05, 0) is 36.8 Å². The van der Waals surface area contributed by atoms with E-state index >= 15 is 0 Å². The van der Waals surface area contributed by atoms with Crippen molar-refractivity contribution in [2.75, 3.05) is 5.32 Å². The fourth-order valence-electron chi connectivity index (χ4n) is 2.45. The largest absolute Gasteiger partial charge is 0.478 e. The zero-order chi connectivity index (χ0) is 18.9. The van der Waals surface area contributed by atoms with Crippen molar-refractivity contribution >= 4 is 22.7 Å². The first-order valence-electron chi connectivity index (χ1n) is 7.66. The number of carboxylic acids is 1. The highest BCUT2D eigenvalue weighted by molar-refractivity contribution is 5.90. The average molecular weight is 361 g/mol. The lowest BCUT2D eigenvalue weighted by atomic mass is 10.1. The van der Waals surface area contributed by atoms with Gasteiger partial charge in [0.15, 0.2) is 0 Å². The van der Waals surface area contributed by atoms with Gasteiger partial charge in [0, 0.05) is 11.9 Å². The van der Waals surface area contributed by atoms with Crippen LogP contribution in [-0.4, -0.2) is 21.0 Å². The Balaban J connectivity index is 1.94. The van der Waals surface area contributed by atoms with E-state index in [4.69, 9.17) is 5.11 Å². The average Bonchev–Trinajstić information content (AvgIpc) is 2.59. The number of nitrogens with one attached hydrogen (secondary N) is 1. The van der Waals surface area contributed by atoms with Gasteiger partial charge in [0.25, 0.3) is 0 Å². The van der Waals surface area contributed by atoms with E-state index in [1.165, 1.54) is 18.2 Å². The number of fused-ring (bicyclic) bond motifs is 1. The predicted molar refractivity (Wildman–Crippen MR) is 90.0 cm³/mol. The fraction of sp³-hybridized carbons (Fsp3) is 0.167. The predicted octanol–water partition coefficient (Wildman–Crippen LogP) is 4.27. The highest BCUT2D eigenvalue weighted by atomic mass is 19.4. The van der Waals surface area contributed by atoms with E-state index in [0.717, 1.165) is 5.56 Å². The summed E-state index contributed by atoms with van der Waals surface area (Å²) in [5.41, 5.74) is 1.91. The van der Waals surface area contributed by atoms with Crippen molar-refractivity contribution in [2.45, 2.75) is 19.6 Å². The number of aromatic carboxylic acids is 1. The summed E-state index contributed by atoms with van der Waals surface area (Å²) in [7, 11) is 0. The topological polar surface area (TPSA) is 75.1 Å². The van der Waals surface area contributed by atoms with Gasteiger partial charge in [0.05, 0.1) is 11.1 Å². The summed E-state index contributed by atoms with van der Waals surface area (Å²) in [6, 6.07) is 11.0. The van der Waals surface area contributed by atoms with Crippen molar-refractivity contribution < 1.29 is 23.1 Å². The molecular weight excluding hydrogens is 347 g/mol. The molecule has 0 aliphatic heterocycles. The van der Waals surface area contributed by atoms with Gasteiger partial charge in [-0.25, -0.2) is 14.8 Å². The van der Waals surface area contributed by atoms with E-state index in [1.54, 1.807) is 24.3 Å². The minimum atomic E-state index is -4.65. The summed E-state index contributed by atoms with van der Waals surface area (Å²) < 4.78 is 39.2. The number of carbonyl (C=O) groups is 1. The van der Waals surface area contributed by atoms with Crippen LogP contribution in [0.25, 0.3) is 10.9 Å². The molecule has 3 rings (SSSR count). The SMILES string of the molecule is Cc1ccc2nc(C(F)(F)F)nc(NCc3ccc(C(=O)O)cc3)c2c1. The van der Waals surface area contributed by atoms with Crippen molar-refractivity contribution in [3.63, 3.8) is 0 Å². The van der Waals surface area contributed by atoms with Gasteiger partial charge in [-0.2, -0.15) is 13.2 Å². The normalized spacial score (nSPS) is 11.5. The third kappa shape index (κ3) is 3.74. The number of halogens is 3. The van der Waals surface area contributed by atoms with Crippen LogP contribution < -0.4 is 5.32 Å². The number of aryl methyl sites for hydroxylation is 1. The Morgan fingerprint density at radius 3 is 2.42 bits per heavy atom. The van der Waals surface area contributed by atoms with Crippen LogP contribution in [0.2, 0.25) is 0 Å². The maximum atomic E-state index is 13.1. The van der Waals surface area contributed by atoms with E-state index in [2.05, 4.69) is 15.3 Å². The number of hydrogen-bond donors (Lipinski definition) is 2. The van der Waals surface area contributed by atoms with Gasteiger partial charge < -0.3 is 10.4 Å². The first-order chi connectivity index (χ1) is 12.2. The summed E-state index contributed by atoms with van der Waals surface area (Å²) >= 11 is 0. The smallest absolute Gasteiger partial charge is 0.451 e. The van der Waals surface area contributed by atoms with E-state index in [1.807, 2.05) is 6.92 Å². The van der Waals surface area contributed by atoms with Gasteiger partial charge in [-0.3, -0.25) is 0 Å². The Kier molecular flexibility index (Phi) is 4.50. The lowest BCUT2D eigenvalue weighted by molar-refractivity contribution is -0.144. The first kappa shape index (κ1) is 17.7. The molecule has 5 nitrogen and oxygen atoms in total. The van der Waals surface area contributed by atoms with E-state index < -0.39 is 18.0 Å². The second kappa shape index (κ2) is 6.62. The lowest BCUT2D eigenvalue weighted by Gasteiger charge is -2.13. The second-order valence-electron chi connectivity index (χ2n) is 5.77. The molecule has 0 unspecified atom stereocenters. The van der Waals surface area contributed by atoms with Gasteiger partial charge in [0.1, 0.15) is 5.82 Å². The standard InChI is InChI=1S/C18H14F3N3O2/c1-10-2-7-14-13(8-10)15(24-17(23-14)18(19,20)21)22-9-11-3-5-12(6-4-11)16(25)26/h2-8H,9H2,1H3,(H,25,26)(H,22,23,24). The second-order valence-corrected chi connectivity index (χ2v) is 5.77. The van der Waals surface area contributed by atoms with Crippen LogP contribution in [0.4, 0.5) is 19.0 Å². The molecule has 2 N–H and O–H groups in total. The van der Waals surface area contributed by atoms with Gasteiger partial charge in [0.2, 0.25) is 5.82 Å². The number of rotatable bonds is 4. The van der Waals surface area contributed by atoms with Crippen LogP contribution in [0.15, 0.2) is 42.5 Å². The van der Waals surface area contributed by atoms with Crippen molar-refractivity contribution in [3.05, 3.63) is 65.0 Å². The minimum absolute atomic E-state index is 0.0772. The molecule has 26 heavy (non-hydrogen) atoms. The molecular formula is C18H14F3N3O2. The van der Waals surface area contributed by atoms with Crippen LogP contribution in [0, 0.1) is 6.92 Å². The molecule has 0 atom stereocenters. The molecule has 8 heteroatoms. The molecule has 0 aliphatic rings. The fourth-order valence-corrected chi connectivity index (χ4v) is 2.45. The van der Waals surface area contributed by atoms with Gasteiger partial charge in [-0.15, -0.1) is 0 Å². The van der Waals surface area contributed by atoms with Crippen LogP contribution in [-0.2, 0) is 12.7 Å². The number of alkyl halides is 3. The summed E-state index contributed by atoms with van der Waals surface area (Å²) in [6.07, 6.45) is -4.65. The van der Waals surface area contributed by atoms with Crippen LogP contribution in [0.1, 0.15) is 27.3 Å². The number of carboxylic acid groups (broad SMARTS) is 1. The summed E-state index contributed by atoms with van der Waals surface area (Å²) in [5, 5.41) is 12.3. The minimum Gasteiger partial charge on any atom is -0.478 e. The summed E-state index contributed by atoms with van der Waals surface area (Å²) in [4.78, 5) is 18.1. The van der Waals surface area contributed by atoms with Gasteiger partial charge in [-0.1, -0.05) is 23.8 Å². The molecule has 134 valence electrons. The van der Waals surface area contributed by atoms with Gasteiger partial charge >= 0.3 is 12.1 Å². The molecule has 0 saturated heterocycles. The number of aromatic nitrogens is 2. The molecule has 0 spiro atoms. The maximum absolute atomic E-state index is 13.1. The number of benzene rings is 2. The number of hydrogen-bond acceptors (Lipinski definition) is 4. The molecule has 0 saturated carbocycles. The van der Waals surface area contributed by atoms with Crippen molar-refractivity contribution in [1.82, 2.24) is 9.97 Å². The molecule has 0 amide bonds. The molecule has 3 aromatic rings. The summed E-state index contributed by atoms with van der Waals surface area (Å²) in [6.45, 7) is 2.02. The molecule has 0 fully saturated rings. The molecule has 1 aromatic heterocycles. The van der Waals surface area contributed by atoms with E-state index in [-0.39, 0.29) is 23.4 Å². The molecule has 2 aromatic carbocycles. The van der Waals surface area contributed by atoms with Crippen LogP contribution in [0.5, 0.6) is 0 Å². The van der Waals surface area contributed by atoms with Crippen molar-refractivity contribution in [2.24, 2.45) is 0 Å². The highest BCUT2D eigenvalue weighted by Gasteiger charge is 2.35. The summed E-state index contributed by atoms with van der Waals surface area (Å²) in [5.74, 6) is -2.18. The first-order valence-corrected chi connectivity index (χ1v) is 7.66. The molecule has 0 bridgehead atoms. The lowest BCUT2D eigenvalue weighted by Crippen LogP contribution is -2.13. The number of anilines is 1. The molecule has 1 heterocycles. The quantitative estimate of drug-likeness (QED) is 0.726. The van der Waals surface area contributed by atoms with E-state index in [9.17, 15) is 18.0 Å². The Morgan fingerprint density at radius 2 is 1.81 bits per heavy atom.